The van der Waals surface area contributed by atoms with Crippen molar-refractivity contribution in [3.63, 3.8) is 0 Å². The molecule has 0 rings (SSSR count). The lowest BCUT2D eigenvalue weighted by atomic mass is 10.1. The van der Waals surface area contributed by atoms with E-state index in [0.29, 0.717) is 12.8 Å². The number of unbranched alkanes of at least 4 members (excludes halogenated alkanes) is 6. The summed E-state index contributed by atoms with van der Waals surface area (Å²) >= 11 is 0. The van der Waals surface area contributed by atoms with E-state index in [1.54, 1.807) is 0 Å². The molecule has 0 aliphatic heterocycles. The van der Waals surface area contributed by atoms with Gasteiger partial charge in [-0.05, 0) is 25.7 Å². The van der Waals surface area contributed by atoms with Crippen molar-refractivity contribution in [2.24, 2.45) is 0 Å². The molecule has 4 nitrogen and oxygen atoms in total. The van der Waals surface area contributed by atoms with Gasteiger partial charge in [-0.25, -0.2) is 0 Å². The second-order valence-electron chi connectivity index (χ2n) is 5.67. The standard InChI is InChI=1S/C17H34N2O2/c1-3-5-6-7-10-14-19-17(21)13-9-8-11-15-18-16(20)12-4-2/h3-15H2,1-2H3,(H,18,20)(H,19,21). The molecule has 0 heterocycles. The maximum Gasteiger partial charge on any atom is 0.219 e. The maximum atomic E-state index is 11.6. The Kier molecular flexibility index (Phi) is 14.6. The predicted octanol–water partition coefficient (Wildman–Crippen LogP) is 3.55. The van der Waals surface area contributed by atoms with E-state index in [9.17, 15) is 9.59 Å². The Hall–Kier alpha value is -1.06. The van der Waals surface area contributed by atoms with Gasteiger partial charge in [0.15, 0.2) is 0 Å². The first-order chi connectivity index (χ1) is 10.2. The highest BCUT2D eigenvalue weighted by Gasteiger charge is 2.01. The molecule has 124 valence electrons. The number of carbonyl (C=O) groups is 2. The third kappa shape index (κ3) is 15.2. The van der Waals surface area contributed by atoms with Crippen molar-refractivity contribution >= 4 is 11.8 Å². The predicted molar refractivity (Wildman–Crippen MR) is 88.2 cm³/mol. The van der Waals surface area contributed by atoms with Crippen molar-refractivity contribution in [2.45, 2.75) is 84.5 Å². The van der Waals surface area contributed by atoms with Crippen LogP contribution < -0.4 is 10.6 Å². The lowest BCUT2D eigenvalue weighted by Crippen LogP contribution is -2.25. The van der Waals surface area contributed by atoms with Crippen LogP contribution in [0.2, 0.25) is 0 Å². The molecule has 0 spiro atoms. The average Bonchev–Trinajstić information content (AvgIpc) is 2.46. The van der Waals surface area contributed by atoms with Crippen molar-refractivity contribution in [1.82, 2.24) is 10.6 Å². The van der Waals surface area contributed by atoms with E-state index in [2.05, 4.69) is 17.6 Å². The lowest BCUT2D eigenvalue weighted by Gasteiger charge is -2.06. The third-order valence-electron chi connectivity index (χ3n) is 3.48. The molecule has 0 saturated heterocycles. The number of amides is 2. The van der Waals surface area contributed by atoms with Gasteiger partial charge in [-0.15, -0.1) is 0 Å². The Morgan fingerprint density at radius 3 is 1.71 bits per heavy atom. The van der Waals surface area contributed by atoms with Crippen LogP contribution in [0.15, 0.2) is 0 Å². The molecule has 0 aliphatic rings. The zero-order valence-corrected chi connectivity index (χ0v) is 14.0. The first kappa shape index (κ1) is 19.9. The molecule has 0 atom stereocenters. The molecule has 0 fully saturated rings. The molecule has 2 N–H and O–H groups in total. The van der Waals surface area contributed by atoms with E-state index < -0.39 is 0 Å². The largest absolute Gasteiger partial charge is 0.356 e. The second kappa shape index (κ2) is 15.3. The topological polar surface area (TPSA) is 58.2 Å². The zero-order chi connectivity index (χ0) is 15.8. The van der Waals surface area contributed by atoms with Crippen LogP contribution in [0, 0.1) is 0 Å². The fourth-order valence-electron chi connectivity index (χ4n) is 2.18. The first-order valence-electron chi connectivity index (χ1n) is 8.74. The minimum absolute atomic E-state index is 0.137. The SMILES string of the molecule is CCCCCCCNC(=O)CCCCCNC(=O)CCC. The summed E-state index contributed by atoms with van der Waals surface area (Å²) in [5.74, 6) is 0.304. The first-order valence-corrected chi connectivity index (χ1v) is 8.74. The molecular formula is C17H34N2O2. The van der Waals surface area contributed by atoms with Crippen molar-refractivity contribution in [1.29, 1.82) is 0 Å². The van der Waals surface area contributed by atoms with Gasteiger partial charge >= 0.3 is 0 Å². The van der Waals surface area contributed by atoms with Crippen LogP contribution >= 0.6 is 0 Å². The summed E-state index contributed by atoms with van der Waals surface area (Å²) in [6.45, 7) is 5.76. The molecule has 0 unspecified atom stereocenters. The molecule has 0 saturated carbocycles. The van der Waals surface area contributed by atoms with Crippen molar-refractivity contribution in [3.05, 3.63) is 0 Å². The minimum Gasteiger partial charge on any atom is -0.356 e. The lowest BCUT2D eigenvalue weighted by molar-refractivity contribution is -0.122. The van der Waals surface area contributed by atoms with Crippen molar-refractivity contribution in [3.8, 4) is 0 Å². The molecule has 0 aromatic heterocycles. The van der Waals surface area contributed by atoms with Gasteiger partial charge in [0.05, 0.1) is 0 Å². The molecule has 0 aromatic carbocycles. The van der Waals surface area contributed by atoms with Crippen LogP contribution in [0.1, 0.15) is 84.5 Å². The monoisotopic (exact) mass is 298 g/mol. The van der Waals surface area contributed by atoms with Crippen LogP contribution in [0.4, 0.5) is 0 Å². The zero-order valence-electron chi connectivity index (χ0n) is 14.0. The quantitative estimate of drug-likeness (QED) is 0.482. The Bertz CT molecular complexity index is 268. The molecule has 0 aromatic rings. The van der Waals surface area contributed by atoms with Crippen LogP contribution in [0.25, 0.3) is 0 Å². The number of nitrogens with one attached hydrogen (secondary N) is 2. The van der Waals surface area contributed by atoms with Crippen molar-refractivity contribution < 1.29 is 9.59 Å². The third-order valence-corrected chi connectivity index (χ3v) is 3.48. The van der Waals surface area contributed by atoms with E-state index in [1.807, 2.05) is 6.92 Å². The van der Waals surface area contributed by atoms with E-state index >= 15 is 0 Å². The number of rotatable bonds is 14. The molecule has 0 aliphatic carbocycles. The number of hydrogen-bond acceptors (Lipinski definition) is 2. The normalized spacial score (nSPS) is 10.4. The van der Waals surface area contributed by atoms with Gasteiger partial charge in [0, 0.05) is 25.9 Å². The Morgan fingerprint density at radius 2 is 1.14 bits per heavy atom. The number of hydrogen-bond donors (Lipinski definition) is 2. The van der Waals surface area contributed by atoms with Crippen LogP contribution in [-0.4, -0.2) is 24.9 Å². The van der Waals surface area contributed by atoms with E-state index in [4.69, 9.17) is 0 Å². The minimum atomic E-state index is 0.137. The molecule has 4 heteroatoms. The second-order valence-corrected chi connectivity index (χ2v) is 5.67. The van der Waals surface area contributed by atoms with Gasteiger partial charge in [0.25, 0.3) is 0 Å². The summed E-state index contributed by atoms with van der Waals surface area (Å²) in [7, 11) is 0. The highest BCUT2D eigenvalue weighted by molar-refractivity contribution is 5.76. The van der Waals surface area contributed by atoms with Gasteiger partial charge in [-0.3, -0.25) is 9.59 Å². The maximum absolute atomic E-state index is 11.6. The molecule has 2 amide bonds. The number of carbonyl (C=O) groups excluding carboxylic acids is 2. The van der Waals surface area contributed by atoms with E-state index in [0.717, 1.165) is 45.2 Å². The highest BCUT2D eigenvalue weighted by atomic mass is 16.2. The molecule has 21 heavy (non-hydrogen) atoms. The van der Waals surface area contributed by atoms with Crippen molar-refractivity contribution in [2.75, 3.05) is 13.1 Å². The van der Waals surface area contributed by atoms with Gasteiger partial charge in [0.2, 0.25) is 11.8 Å². The highest BCUT2D eigenvalue weighted by Crippen LogP contribution is 2.02. The molecule has 0 bridgehead atoms. The Balaban J connectivity index is 3.24. The summed E-state index contributed by atoms with van der Waals surface area (Å²) < 4.78 is 0. The van der Waals surface area contributed by atoms with Gasteiger partial charge < -0.3 is 10.6 Å². The van der Waals surface area contributed by atoms with Gasteiger partial charge in [-0.1, -0.05) is 46.0 Å². The smallest absolute Gasteiger partial charge is 0.219 e. The summed E-state index contributed by atoms with van der Waals surface area (Å²) in [5.41, 5.74) is 0. The summed E-state index contributed by atoms with van der Waals surface area (Å²) in [6.07, 6.45) is 11.1. The van der Waals surface area contributed by atoms with Gasteiger partial charge in [0.1, 0.15) is 0 Å². The fourth-order valence-corrected chi connectivity index (χ4v) is 2.18. The average molecular weight is 298 g/mol. The molecular weight excluding hydrogens is 264 g/mol. The Morgan fingerprint density at radius 1 is 0.619 bits per heavy atom. The van der Waals surface area contributed by atoms with Crippen LogP contribution in [-0.2, 0) is 9.59 Å². The summed E-state index contributed by atoms with van der Waals surface area (Å²) in [5, 5.41) is 5.87. The van der Waals surface area contributed by atoms with Gasteiger partial charge in [-0.2, -0.15) is 0 Å². The van der Waals surface area contributed by atoms with Crippen LogP contribution in [0.3, 0.4) is 0 Å². The summed E-state index contributed by atoms with van der Waals surface area (Å²) in [6, 6.07) is 0. The fraction of sp³-hybridized carbons (Fsp3) is 0.882. The van der Waals surface area contributed by atoms with E-state index in [1.165, 1.54) is 25.7 Å². The molecule has 0 radical (unpaired) electrons. The summed E-state index contributed by atoms with van der Waals surface area (Å²) in [4.78, 5) is 22.8. The van der Waals surface area contributed by atoms with Crippen LogP contribution in [0.5, 0.6) is 0 Å². The Labute approximate surface area is 130 Å². The van der Waals surface area contributed by atoms with E-state index in [-0.39, 0.29) is 11.8 Å².